The standard InChI is InChI=1S/2C10H16P.O3P/c2*1-11(2,3)9-10-7-5-4-6-8-10;1-4(2)3/h2*4-8H,9H2,1-3H3;/q2*+1;-3/p+1. The maximum Gasteiger partial charge on any atom is 1.00 e. The summed E-state index contributed by atoms with van der Waals surface area (Å²) in [6, 6.07) is 21.5. The van der Waals surface area contributed by atoms with E-state index in [2.05, 4.69) is 101 Å². The van der Waals surface area contributed by atoms with Crippen molar-refractivity contribution in [3.63, 3.8) is 0 Å². The van der Waals surface area contributed by atoms with Crippen LogP contribution in [0.2, 0.25) is 0 Å². The lowest BCUT2D eigenvalue weighted by Gasteiger charge is -2.39. The molecule has 0 aliphatic carbocycles. The van der Waals surface area contributed by atoms with Crippen LogP contribution in [0.25, 0.3) is 0 Å². The SMILES string of the molecule is C[P+](C)(C)Cc1ccccc1.C[P+](C)(C)Cc1ccccc1.[H+].[O-]P([O-])[O-]. The quantitative estimate of drug-likeness (QED) is 0.718. The van der Waals surface area contributed by atoms with E-state index in [9.17, 15) is 0 Å². The highest BCUT2D eigenvalue weighted by atomic mass is 31.2. The maximum absolute atomic E-state index is 8.48. The molecule has 2 rings (SSSR count). The van der Waals surface area contributed by atoms with Gasteiger partial charge < -0.3 is 23.3 Å². The number of hydrogen-bond acceptors (Lipinski definition) is 3. The van der Waals surface area contributed by atoms with Crippen molar-refractivity contribution >= 4 is 23.1 Å². The molecule has 0 aliphatic heterocycles. The lowest BCUT2D eigenvalue weighted by atomic mass is 10.2. The van der Waals surface area contributed by atoms with Gasteiger partial charge in [0.05, 0.1) is 12.3 Å². The molecule has 3 nitrogen and oxygen atoms in total. The zero-order valence-corrected chi connectivity index (χ0v) is 19.4. The Balaban J connectivity index is 0. The van der Waals surface area contributed by atoms with Gasteiger partial charge in [-0.25, -0.2) is 0 Å². The predicted molar refractivity (Wildman–Crippen MR) is 118 cm³/mol. The molecule has 0 atom stereocenters. The fourth-order valence-electron chi connectivity index (χ4n) is 2.26. The highest BCUT2D eigenvalue weighted by Crippen LogP contribution is 2.50. The Hall–Kier alpha value is -0.390. The lowest BCUT2D eigenvalue weighted by molar-refractivity contribution is -0.407. The first-order valence-electron chi connectivity index (χ1n) is 8.39. The molecule has 0 radical (unpaired) electrons. The van der Waals surface area contributed by atoms with E-state index in [4.69, 9.17) is 14.7 Å². The monoisotopic (exact) mass is 414 g/mol. The largest absolute Gasteiger partial charge is 1.00 e. The van der Waals surface area contributed by atoms with Crippen LogP contribution in [0.1, 0.15) is 12.6 Å². The number of benzene rings is 2. The van der Waals surface area contributed by atoms with Gasteiger partial charge in [0.1, 0.15) is 0 Å². The zero-order chi connectivity index (χ0) is 20.2. The molecule has 6 heteroatoms. The second kappa shape index (κ2) is 12.9. The molecule has 2 aromatic carbocycles. The molecular formula is C20H33O3P3. The minimum absolute atomic E-state index is 0. The van der Waals surface area contributed by atoms with Crippen LogP contribution in [0.5, 0.6) is 0 Å². The Morgan fingerprint density at radius 1 is 0.615 bits per heavy atom. The predicted octanol–water partition coefficient (Wildman–Crippen LogP) is 3.59. The van der Waals surface area contributed by atoms with E-state index in [0.717, 1.165) is 0 Å². The van der Waals surface area contributed by atoms with E-state index in [1.165, 1.54) is 23.5 Å². The van der Waals surface area contributed by atoms with Gasteiger partial charge in [-0.15, -0.1) is 0 Å². The molecular weight excluding hydrogens is 381 g/mol. The van der Waals surface area contributed by atoms with E-state index in [1.54, 1.807) is 0 Å². The molecule has 0 amide bonds. The van der Waals surface area contributed by atoms with Gasteiger partial charge >= 0.3 is 1.43 Å². The highest BCUT2D eigenvalue weighted by molar-refractivity contribution is 7.73. The van der Waals surface area contributed by atoms with Crippen molar-refractivity contribution in [2.75, 3.05) is 40.0 Å². The van der Waals surface area contributed by atoms with Crippen molar-refractivity contribution in [3.05, 3.63) is 71.8 Å². The summed E-state index contributed by atoms with van der Waals surface area (Å²) < 4.78 is 0. The summed E-state index contributed by atoms with van der Waals surface area (Å²) in [5.41, 5.74) is 2.96. The van der Waals surface area contributed by atoms with Gasteiger partial charge in [0.15, 0.2) is 0 Å². The van der Waals surface area contributed by atoms with Crippen LogP contribution in [0.15, 0.2) is 60.7 Å². The first-order valence-corrected chi connectivity index (χ1v) is 16.1. The van der Waals surface area contributed by atoms with Crippen LogP contribution >= 0.6 is 23.1 Å². The Bertz CT molecular complexity index is 529. The van der Waals surface area contributed by atoms with Gasteiger partial charge in [-0.1, -0.05) is 60.7 Å². The minimum Gasteiger partial charge on any atom is -0.854 e. The molecule has 26 heavy (non-hydrogen) atoms. The van der Waals surface area contributed by atoms with Crippen molar-refractivity contribution in [2.24, 2.45) is 0 Å². The van der Waals surface area contributed by atoms with Gasteiger partial charge in [-0.05, 0) is 11.1 Å². The van der Waals surface area contributed by atoms with Crippen LogP contribution < -0.4 is 14.7 Å². The van der Waals surface area contributed by atoms with Crippen molar-refractivity contribution in [3.8, 4) is 0 Å². The van der Waals surface area contributed by atoms with E-state index < -0.39 is 23.1 Å². The van der Waals surface area contributed by atoms with Crippen molar-refractivity contribution in [2.45, 2.75) is 12.3 Å². The van der Waals surface area contributed by atoms with Gasteiger partial charge in [-0.3, -0.25) is 0 Å². The number of hydrogen-bond donors (Lipinski definition) is 0. The third-order valence-electron chi connectivity index (χ3n) is 3.00. The van der Waals surface area contributed by atoms with Gasteiger partial charge in [-0.2, -0.15) is 0 Å². The summed E-state index contributed by atoms with van der Waals surface area (Å²) in [4.78, 5) is 25.4. The van der Waals surface area contributed by atoms with Crippen LogP contribution in [-0.4, -0.2) is 40.0 Å². The molecule has 0 spiro atoms. The van der Waals surface area contributed by atoms with Crippen molar-refractivity contribution < 1.29 is 16.1 Å². The number of rotatable bonds is 4. The third-order valence-corrected chi connectivity index (χ3v) is 5.63. The van der Waals surface area contributed by atoms with E-state index in [1.807, 2.05) is 0 Å². The van der Waals surface area contributed by atoms with Crippen LogP contribution in [0.4, 0.5) is 0 Å². The summed E-state index contributed by atoms with van der Waals surface area (Å²) in [7, 11) is -4.65. The molecule has 0 heterocycles. The molecule has 0 saturated carbocycles. The Morgan fingerprint density at radius 2 is 0.846 bits per heavy atom. The topological polar surface area (TPSA) is 69.2 Å². The Labute approximate surface area is 163 Å². The molecule has 0 saturated heterocycles. The van der Waals surface area contributed by atoms with Crippen molar-refractivity contribution in [1.82, 2.24) is 0 Å². The van der Waals surface area contributed by atoms with Gasteiger partial charge in [0, 0.05) is 54.5 Å². The fourth-order valence-corrected chi connectivity index (χ4v) is 4.87. The molecule has 0 bridgehead atoms. The van der Waals surface area contributed by atoms with Gasteiger partial charge in [0.2, 0.25) is 0 Å². The summed E-state index contributed by atoms with van der Waals surface area (Å²) >= 11 is 0. The average molecular weight is 414 g/mol. The molecule has 0 unspecified atom stereocenters. The summed E-state index contributed by atoms with van der Waals surface area (Å²) in [6.07, 6.45) is 2.54. The lowest BCUT2D eigenvalue weighted by Crippen LogP contribution is -2.18. The maximum atomic E-state index is 8.48. The summed E-state index contributed by atoms with van der Waals surface area (Å²) in [6.45, 7) is 14.2. The Morgan fingerprint density at radius 3 is 1.04 bits per heavy atom. The first kappa shape index (κ1) is 25.6. The molecule has 2 aromatic rings. The van der Waals surface area contributed by atoms with Gasteiger partial charge in [0.25, 0.3) is 0 Å². The van der Waals surface area contributed by atoms with Crippen LogP contribution in [0.3, 0.4) is 0 Å². The van der Waals surface area contributed by atoms with Crippen LogP contribution in [0, 0.1) is 0 Å². The molecule has 0 N–H and O–H groups in total. The van der Waals surface area contributed by atoms with E-state index in [0.29, 0.717) is 0 Å². The normalized spacial score (nSPS) is 11.2. The van der Waals surface area contributed by atoms with E-state index >= 15 is 0 Å². The molecule has 0 fully saturated rings. The smallest absolute Gasteiger partial charge is 0.854 e. The summed E-state index contributed by atoms with van der Waals surface area (Å²) in [5.74, 6) is 0. The zero-order valence-electron chi connectivity index (χ0n) is 17.8. The third kappa shape index (κ3) is 18.4. The fraction of sp³-hybridized carbons (Fsp3) is 0.400. The molecule has 146 valence electrons. The minimum atomic E-state index is -3.37. The Kier molecular flexibility index (Phi) is 12.7. The molecule has 0 aromatic heterocycles. The van der Waals surface area contributed by atoms with E-state index in [-0.39, 0.29) is 1.43 Å². The molecule has 0 aliphatic rings. The highest BCUT2D eigenvalue weighted by Gasteiger charge is 2.17. The van der Waals surface area contributed by atoms with Crippen molar-refractivity contribution in [1.29, 1.82) is 0 Å². The average Bonchev–Trinajstić information content (AvgIpc) is 2.46. The second-order valence-electron chi connectivity index (χ2n) is 8.09. The first-order chi connectivity index (χ1) is 11.9. The van der Waals surface area contributed by atoms with Crippen LogP contribution in [-0.2, 0) is 12.3 Å². The second-order valence-corrected chi connectivity index (χ2v) is 18.3. The summed E-state index contributed by atoms with van der Waals surface area (Å²) in [5, 5.41) is 0.